The molecule has 0 bridgehead atoms. The number of rotatable bonds is 9. The first-order valence-corrected chi connectivity index (χ1v) is 16.0. The maximum atomic E-state index is 14.9. The number of hydrazine groups is 1. The first kappa shape index (κ1) is 34.6. The Hall–Kier alpha value is -5.22. The molecule has 264 valence electrons. The summed E-state index contributed by atoms with van der Waals surface area (Å²) < 4.78 is 51.8. The number of alkyl halides is 3. The van der Waals surface area contributed by atoms with E-state index in [1.54, 1.807) is 69.7 Å². The molecule has 4 aromatic rings. The van der Waals surface area contributed by atoms with E-state index in [2.05, 4.69) is 25.8 Å². The molecule has 0 radical (unpaired) electrons. The fourth-order valence-electron chi connectivity index (χ4n) is 6.54. The number of aryl methyl sites for hydroxylation is 1. The molecule has 13 nitrogen and oxygen atoms in total. The van der Waals surface area contributed by atoms with Crippen LogP contribution >= 0.6 is 0 Å². The SMILES string of the molecule is Cc1ccn(-c2cc(-c3ccc(C(=O)NN(C)C)cc3)ccc2[C@@H](Oc2cc(N3CCC4(CC3)CN[C@H](C(=O)O)C4)nc(N)n2)C(F)(F)F)n1. The zero-order valence-corrected chi connectivity index (χ0v) is 27.7. The second-order valence-electron chi connectivity index (χ2n) is 13.0. The molecule has 2 aliphatic rings. The lowest BCUT2D eigenvalue weighted by molar-refractivity contribution is -0.198. The fraction of sp³-hybridized carbons (Fsp3) is 0.382. The van der Waals surface area contributed by atoms with Crippen LogP contribution in [-0.2, 0) is 4.79 Å². The molecule has 16 heteroatoms. The summed E-state index contributed by atoms with van der Waals surface area (Å²) in [4.78, 5) is 34.1. The van der Waals surface area contributed by atoms with Gasteiger partial charge in [0.1, 0.15) is 11.9 Å². The van der Waals surface area contributed by atoms with E-state index in [0.29, 0.717) is 67.1 Å². The smallest absolute Gasteiger partial charge is 0.429 e. The Morgan fingerprint density at radius 2 is 1.78 bits per heavy atom. The molecule has 2 fully saturated rings. The number of piperidine rings is 1. The number of aromatic nitrogens is 4. The molecule has 0 saturated carbocycles. The first-order chi connectivity index (χ1) is 23.7. The van der Waals surface area contributed by atoms with Crippen LogP contribution in [0.4, 0.5) is 24.9 Å². The zero-order valence-electron chi connectivity index (χ0n) is 27.7. The number of nitrogens with two attached hydrogens (primary N) is 1. The van der Waals surface area contributed by atoms with Gasteiger partial charge in [-0.3, -0.25) is 15.0 Å². The van der Waals surface area contributed by atoms with E-state index in [1.165, 1.54) is 21.8 Å². The third-order valence-electron chi connectivity index (χ3n) is 9.14. The molecule has 2 atom stereocenters. The summed E-state index contributed by atoms with van der Waals surface area (Å²) in [5.74, 6) is -1.44. The lowest BCUT2D eigenvalue weighted by atomic mass is 9.76. The number of halogens is 3. The van der Waals surface area contributed by atoms with E-state index < -0.39 is 24.3 Å². The topological polar surface area (TPSA) is 164 Å². The summed E-state index contributed by atoms with van der Waals surface area (Å²) in [7, 11) is 3.39. The van der Waals surface area contributed by atoms with Gasteiger partial charge in [0.2, 0.25) is 17.9 Å². The van der Waals surface area contributed by atoms with Gasteiger partial charge in [-0.25, -0.2) is 9.69 Å². The Morgan fingerprint density at radius 3 is 2.38 bits per heavy atom. The molecule has 0 unspecified atom stereocenters. The van der Waals surface area contributed by atoms with Crippen LogP contribution in [0.5, 0.6) is 5.88 Å². The fourth-order valence-corrected chi connectivity index (χ4v) is 6.54. The van der Waals surface area contributed by atoms with Crippen molar-refractivity contribution in [3.05, 3.63) is 77.6 Å². The number of carbonyl (C=O) groups is 2. The van der Waals surface area contributed by atoms with Gasteiger partial charge in [0.15, 0.2) is 0 Å². The maximum Gasteiger partial charge on any atom is 0.429 e. The number of hydrogen-bond acceptors (Lipinski definition) is 10. The van der Waals surface area contributed by atoms with Crippen LogP contribution in [0.3, 0.4) is 0 Å². The van der Waals surface area contributed by atoms with Crippen LogP contribution in [0, 0.1) is 12.3 Å². The Morgan fingerprint density at radius 1 is 1.08 bits per heavy atom. The number of nitrogens with zero attached hydrogens (tertiary/aromatic N) is 6. The van der Waals surface area contributed by atoms with E-state index in [4.69, 9.17) is 10.5 Å². The quantitative estimate of drug-likeness (QED) is 0.186. The lowest BCUT2D eigenvalue weighted by Crippen LogP contribution is -2.41. The van der Waals surface area contributed by atoms with Gasteiger partial charge >= 0.3 is 12.1 Å². The highest BCUT2D eigenvalue weighted by Gasteiger charge is 2.46. The summed E-state index contributed by atoms with van der Waals surface area (Å²) in [5.41, 5.74) is 10.7. The minimum absolute atomic E-state index is 0.140. The van der Waals surface area contributed by atoms with Crippen molar-refractivity contribution in [3.63, 3.8) is 0 Å². The monoisotopic (exact) mass is 693 g/mol. The number of carboxylic acids is 1. The van der Waals surface area contributed by atoms with Gasteiger partial charge in [0, 0.05) is 57.1 Å². The molecule has 2 aliphatic heterocycles. The molecule has 4 heterocycles. The van der Waals surface area contributed by atoms with Crippen LogP contribution in [0.15, 0.2) is 60.8 Å². The first-order valence-electron chi connectivity index (χ1n) is 16.0. The van der Waals surface area contributed by atoms with Crippen molar-refractivity contribution >= 4 is 23.6 Å². The Bertz CT molecular complexity index is 1870. The molecule has 2 saturated heterocycles. The summed E-state index contributed by atoms with van der Waals surface area (Å²) >= 11 is 0. The van der Waals surface area contributed by atoms with E-state index in [9.17, 15) is 27.9 Å². The van der Waals surface area contributed by atoms with Crippen LogP contribution < -0.4 is 26.1 Å². The van der Waals surface area contributed by atoms with Gasteiger partial charge in [-0.1, -0.05) is 24.3 Å². The largest absolute Gasteiger partial charge is 0.480 e. The van der Waals surface area contributed by atoms with Gasteiger partial charge in [-0.2, -0.15) is 28.2 Å². The van der Waals surface area contributed by atoms with Gasteiger partial charge in [-0.05, 0) is 67.0 Å². The number of carboxylic acid groups (broad SMARTS) is 1. The number of benzene rings is 2. The molecule has 6 rings (SSSR count). The Labute approximate surface area is 286 Å². The lowest BCUT2D eigenvalue weighted by Gasteiger charge is -2.39. The summed E-state index contributed by atoms with van der Waals surface area (Å²) in [6, 6.07) is 13.6. The van der Waals surface area contributed by atoms with E-state index in [1.807, 2.05) is 4.90 Å². The molecular weight excluding hydrogens is 655 g/mol. The third kappa shape index (κ3) is 7.50. The van der Waals surface area contributed by atoms with E-state index >= 15 is 0 Å². The highest BCUT2D eigenvalue weighted by atomic mass is 19.4. The molecule has 2 aromatic carbocycles. The number of anilines is 2. The van der Waals surface area contributed by atoms with E-state index in [-0.39, 0.29) is 34.4 Å². The predicted octanol–water partition coefficient (Wildman–Crippen LogP) is 4.14. The highest BCUT2D eigenvalue weighted by Crippen LogP contribution is 2.43. The predicted molar refractivity (Wildman–Crippen MR) is 179 cm³/mol. The molecule has 5 N–H and O–H groups in total. The van der Waals surface area contributed by atoms with Crippen molar-refractivity contribution in [3.8, 4) is 22.7 Å². The van der Waals surface area contributed by atoms with Crippen molar-refractivity contribution in [2.75, 3.05) is 44.4 Å². The molecule has 2 aromatic heterocycles. The molecule has 0 aliphatic carbocycles. The minimum atomic E-state index is -4.87. The molecule has 1 spiro atoms. The number of hydrogen-bond donors (Lipinski definition) is 4. The Kier molecular flexibility index (Phi) is 9.41. The highest BCUT2D eigenvalue weighted by molar-refractivity contribution is 5.94. The minimum Gasteiger partial charge on any atom is -0.480 e. The number of carbonyl (C=O) groups excluding carboxylic acids is 1. The summed E-state index contributed by atoms with van der Waals surface area (Å²) in [5, 5.41) is 18.4. The van der Waals surface area contributed by atoms with Crippen LogP contribution in [0.1, 0.15) is 47.0 Å². The van der Waals surface area contributed by atoms with Crippen LogP contribution in [-0.4, -0.2) is 87.7 Å². The van der Waals surface area contributed by atoms with Crippen molar-refractivity contribution in [1.29, 1.82) is 0 Å². The second kappa shape index (κ2) is 13.6. The number of nitrogen functional groups attached to an aromatic ring is 1. The zero-order chi connectivity index (χ0) is 35.8. The Balaban J connectivity index is 1.29. The molecular formula is C34H38F3N9O4. The van der Waals surface area contributed by atoms with Gasteiger partial charge < -0.3 is 25.8 Å². The molecule has 50 heavy (non-hydrogen) atoms. The van der Waals surface area contributed by atoms with E-state index in [0.717, 1.165) is 0 Å². The third-order valence-corrected chi connectivity index (χ3v) is 9.14. The summed E-state index contributed by atoms with van der Waals surface area (Å²) in [6.45, 7) is 3.34. The number of nitrogens with one attached hydrogen (secondary N) is 2. The van der Waals surface area contributed by atoms with Crippen molar-refractivity contribution in [2.45, 2.75) is 44.5 Å². The van der Waals surface area contributed by atoms with Gasteiger partial charge in [0.25, 0.3) is 5.91 Å². The average Bonchev–Trinajstić information content (AvgIpc) is 3.69. The number of amides is 1. The number of ether oxygens (including phenoxy) is 1. The standard InChI is InChI=1S/C34H38F3N9O4/c1-20-10-13-46(42-20)26-16-23(21-4-6-22(7-5-21)30(47)43-44(2)3)8-9-24(26)29(34(35,36)37)50-28-17-27(40-32(38)41-28)45-14-11-33(12-15-45)18-25(31(48)49)39-19-33/h4-10,13,16-17,25,29,39H,11-12,14-15,18-19H2,1-3H3,(H,43,47)(H,48,49)(H2,38,40,41)/t25-,29+/m0/s1. The van der Waals surface area contributed by atoms with Crippen LogP contribution in [0.25, 0.3) is 16.8 Å². The molecule has 1 amide bonds. The second-order valence-corrected chi connectivity index (χ2v) is 13.0. The van der Waals surface area contributed by atoms with Crippen molar-refractivity contribution < 1.29 is 32.6 Å². The normalized spacial score (nSPS) is 18.0. The average molecular weight is 694 g/mol. The number of aliphatic carboxylic acids is 1. The van der Waals surface area contributed by atoms with Crippen LogP contribution in [0.2, 0.25) is 0 Å². The van der Waals surface area contributed by atoms with Crippen molar-refractivity contribution in [1.82, 2.24) is 35.5 Å². The van der Waals surface area contributed by atoms with Gasteiger partial charge in [0.05, 0.1) is 11.4 Å². The maximum absolute atomic E-state index is 14.9. The summed E-state index contributed by atoms with van der Waals surface area (Å²) in [6.07, 6.45) is -3.87. The van der Waals surface area contributed by atoms with Crippen molar-refractivity contribution in [2.24, 2.45) is 5.41 Å². The van der Waals surface area contributed by atoms with Gasteiger partial charge in [-0.15, -0.1) is 0 Å².